The summed E-state index contributed by atoms with van der Waals surface area (Å²) in [7, 11) is 0. The second-order valence-electron chi connectivity index (χ2n) is 7.35. The standard InChI is InChI=1S/C25H27NO5/c1-3-17(2)22(25(28)29)26-24(27)21-14-13-18-9-7-8-12-20(18)23(21)31-16-15-30-19-10-5-4-6-11-19/h4-14,17,22H,3,15-16H2,1-2H3,(H,26,27)(H,28,29)/t17-,22-/m0/s1. The van der Waals surface area contributed by atoms with Gasteiger partial charge >= 0.3 is 5.97 Å². The molecule has 0 aromatic heterocycles. The monoisotopic (exact) mass is 421 g/mol. The second kappa shape index (κ2) is 10.5. The minimum atomic E-state index is -1.05. The van der Waals surface area contributed by atoms with Crippen molar-refractivity contribution >= 4 is 22.6 Å². The summed E-state index contributed by atoms with van der Waals surface area (Å²) in [6.45, 7) is 4.23. The van der Waals surface area contributed by atoms with E-state index in [1.54, 1.807) is 13.0 Å². The van der Waals surface area contributed by atoms with Crippen molar-refractivity contribution in [3.63, 3.8) is 0 Å². The van der Waals surface area contributed by atoms with Gasteiger partial charge in [0.15, 0.2) is 0 Å². The third-order valence-electron chi connectivity index (χ3n) is 5.23. The zero-order chi connectivity index (χ0) is 22.2. The van der Waals surface area contributed by atoms with Gasteiger partial charge in [0.25, 0.3) is 5.91 Å². The molecule has 2 atom stereocenters. The van der Waals surface area contributed by atoms with Crippen molar-refractivity contribution in [2.24, 2.45) is 5.92 Å². The average molecular weight is 421 g/mol. The molecule has 0 fully saturated rings. The zero-order valence-electron chi connectivity index (χ0n) is 17.7. The highest BCUT2D eigenvalue weighted by molar-refractivity contribution is 6.04. The highest BCUT2D eigenvalue weighted by Crippen LogP contribution is 2.30. The SMILES string of the molecule is CC[C@H](C)[C@H](NC(=O)c1ccc2ccccc2c1OCCOc1ccccc1)C(=O)O. The van der Waals surface area contributed by atoms with Crippen LogP contribution in [0.1, 0.15) is 30.6 Å². The van der Waals surface area contributed by atoms with Crippen LogP contribution in [-0.4, -0.2) is 36.2 Å². The first-order chi connectivity index (χ1) is 15.0. The Morgan fingerprint density at radius 1 is 0.935 bits per heavy atom. The number of hydrogen-bond donors (Lipinski definition) is 2. The molecule has 0 saturated carbocycles. The molecule has 6 nitrogen and oxygen atoms in total. The molecule has 0 aliphatic rings. The molecular weight excluding hydrogens is 394 g/mol. The molecule has 162 valence electrons. The van der Waals surface area contributed by atoms with E-state index >= 15 is 0 Å². The van der Waals surface area contributed by atoms with Gasteiger partial charge < -0.3 is 19.9 Å². The molecule has 0 radical (unpaired) electrons. The number of nitrogens with one attached hydrogen (secondary N) is 1. The Kier molecular flexibility index (Phi) is 7.49. The van der Waals surface area contributed by atoms with E-state index in [1.807, 2.05) is 67.6 Å². The van der Waals surface area contributed by atoms with Crippen molar-refractivity contribution in [1.29, 1.82) is 0 Å². The molecule has 31 heavy (non-hydrogen) atoms. The molecule has 1 amide bonds. The van der Waals surface area contributed by atoms with Crippen LogP contribution < -0.4 is 14.8 Å². The first kappa shape index (κ1) is 22.2. The maximum absolute atomic E-state index is 13.0. The lowest BCUT2D eigenvalue weighted by molar-refractivity contribution is -0.140. The molecular formula is C25H27NO5. The van der Waals surface area contributed by atoms with Crippen LogP contribution >= 0.6 is 0 Å². The van der Waals surface area contributed by atoms with Gasteiger partial charge in [-0.1, -0.05) is 68.8 Å². The molecule has 0 heterocycles. The molecule has 0 bridgehead atoms. The Hall–Kier alpha value is -3.54. The Morgan fingerprint density at radius 2 is 1.61 bits per heavy atom. The third-order valence-corrected chi connectivity index (χ3v) is 5.23. The largest absolute Gasteiger partial charge is 0.490 e. The van der Waals surface area contributed by atoms with E-state index in [0.717, 1.165) is 16.5 Å². The Bertz CT molecular complexity index is 1030. The minimum Gasteiger partial charge on any atom is -0.490 e. The number of carboxylic acid groups (broad SMARTS) is 1. The van der Waals surface area contributed by atoms with Crippen LogP contribution in [0, 0.1) is 5.92 Å². The molecule has 0 unspecified atom stereocenters. The number of carbonyl (C=O) groups excluding carboxylic acids is 1. The molecule has 0 aliphatic carbocycles. The summed E-state index contributed by atoms with van der Waals surface area (Å²) in [6.07, 6.45) is 0.634. The quantitative estimate of drug-likeness (QED) is 0.470. The summed E-state index contributed by atoms with van der Waals surface area (Å²) in [5, 5.41) is 13.9. The van der Waals surface area contributed by atoms with Crippen molar-refractivity contribution in [1.82, 2.24) is 5.32 Å². The van der Waals surface area contributed by atoms with Crippen LogP contribution in [0.15, 0.2) is 66.7 Å². The van der Waals surface area contributed by atoms with Gasteiger partial charge in [0.1, 0.15) is 30.8 Å². The predicted octanol–water partition coefficient (Wildman–Crippen LogP) is 4.53. The van der Waals surface area contributed by atoms with E-state index in [-0.39, 0.29) is 12.5 Å². The Morgan fingerprint density at radius 3 is 2.32 bits per heavy atom. The van der Waals surface area contributed by atoms with Crippen LogP contribution in [-0.2, 0) is 4.79 Å². The fourth-order valence-corrected chi connectivity index (χ4v) is 3.30. The van der Waals surface area contributed by atoms with Gasteiger partial charge in [0, 0.05) is 5.39 Å². The minimum absolute atomic E-state index is 0.203. The van der Waals surface area contributed by atoms with Crippen molar-refractivity contribution in [2.45, 2.75) is 26.3 Å². The van der Waals surface area contributed by atoms with Crippen LogP contribution in [0.2, 0.25) is 0 Å². The third kappa shape index (κ3) is 5.54. The van der Waals surface area contributed by atoms with Gasteiger partial charge in [0.05, 0.1) is 5.56 Å². The summed E-state index contributed by atoms with van der Waals surface area (Å²) < 4.78 is 11.7. The summed E-state index contributed by atoms with van der Waals surface area (Å²) in [5.41, 5.74) is 0.299. The number of carboxylic acids is 1. The molecule has 0 aliphatic heterocycles. The summed E-state index contributed by atoms with van der Waals surface area (Å²) in [5.74, 6) is -0.578. The van der Waals surface area contributed by atoms with Crippen LogP contribution in [0.25, 0.3) is 10.8 Å². The maximum atomic E-state index is 13.0. The fourth-order valence-electron chi connectivity index (χ4n) is 3.30. The fraction of sp³-hybridized carbons (Fsp3) is 0.280. The van der Waals surface area contributed by atoms with E-state index in [4.69, 9.17) is 9.47 Å². The molecule has 3 aromatic rings. The predicted molar refractivity (Wildman–Crippen MR) is 120 cm³/mol. The summed E-state index contributed by atoms with van der Waals surface area (Å²) in [6, 6.07) is 19.5. The molecule has 6 heteroatoms. The number of amides is 1. The number of para-hydroxylation sites is 1. The van der Waals surface area contributed by atoms with Gasteiger partial charge in [-0.25, -0.2) is 4.79 Å². The number of benzene rings is 3. The molecule has 2 N–H and O–H groups in total. The van der Waals surface area contributed by atoms with Gasteiger partial charge in [-0.3, -0.25) is 4.79 Å². The van der Waals surface area contributed by atoms with Gasteiger partial charge in [-0.05, 0) is 29.5 Å². The van der Waals surface area contributed by atoms with E-state index in [0.29, 0.717) is 24.3 Å². The first-order valence-electron chi connectivity index (χ1n) is 10.4. The lowest BCUT2D eigenvalue weighted by Gasteiger charge is -2.21. The van der Waals surface area contributed by atoms with E-state index in [9.17, 15) is 14.7 Å². The topological polar surface area (TPSA) is 84.9 Å². The Labute approximate surface area is 181 Å². The van der Waals surface area contributed by atoms with Crippen molar-refractivity contribution in [3.8, 4) is 11.5 Å². The first-order valence-corrected chi connectivity index (χ1v) is 10.4. The van der Waals surface area contributed by atoms with Gasteiger partial charge in [-0.15, -0.1) is 0 Å². The number of hydrogen-bond acceptors (Lipinski definition) is 4. The Balaban J connectivity index is 1.81. The highest BCUT2D eigenvalue weighted by atomic mass is 16.5. The molecule has 0 saturated heterocycles. The normalized spacial score (nSPS) is 12.7. The number of fused-ring (bicyclic) bond motifs is 1. The number of aliphatic carboxylic acids is 1. The van der Waals surface area contributed by atoms with Crippen molar-refractivity contribution in [3.05, 3.63) is 72.3 Å². The maximum Gasteiger partial charge on any atom is 0.326 e. The smallest absolute Gasteiger partial charge is 0.326 e. The lowest BCUT2D eigenvalue weighted by Crippen LogP contribution is -2.45. The lowest BCUT2D eigenvalue weighted by atomic mass is 9.98. The highest BCUT2D eigenvalue weighted by Gasteiger charge is 2.27. The van der Waals surface area contributed by atoms with Crippen LogP contribution in [0.4, 0.5) is 0 Å². The van der Waals surface area contributed by atoms with Gasteiger partial charge in [-0.2, -0.15) is 0 Å². The van der Waals surface area contributed by atoms with Crippen LogP contribution in [0.5, 0.6) is 11.5 Å². The number of carbonyl (C=O) groups is 2. The van der Waals surface area contributed by atoms with Crippen molar-refractivity contribution in [2.75, 3.05) is 13.2 Å². The molecule has 3 rings (SSSR count). The van der Waals surface area contributed by atoms with E-state index in [1.165, 1.54) is 0 Å². The zero-order valence-corrected chi connectivity index (χ0v) is 17.7. The van der Waals surface area contributed by atoms with Crippen LogP contribution in [0.3, 0.4) is 0 Å². The van der Waals surface area contributed by atoms with Crippen molar-refractivity contribution < 1.29 is 24.2 Å². The molecule has 0 spiro atoms. The number of ether oxygens (including phenoxy) is 2. The summed E-state index contributed by atoms with van der Waals surface area (Å²) in [4.78, 5) is 24.7. The van der Waals surface area contributed by atoms with Gasteiger partial charge in [0.2, 0.25) is 0 Å². The van der Waals surface area contributed by atoms with E-state index in [2.05, 4.69) is 5.32 Å². The average Bonchev–Trinajstić information content (AvgIpc) is 2.80. The molecule has 3 aromatic carbocycles. The number of rotatable bonds is 10. The second-order valence-corrected chi connectivity index (χ2v) is 7.35. The van der Waals surface area contributed by atoms with E-state index < -0.39 is 17.9 Å². The summed E-state index contributed by atoms with van der Waals surface area (Å²) >= 11 is 0.